The van der Waals surface area contributed by atoms with Gasteiger partial charge in [0.25, 0.3) is 5.69 Å². The molecule has 0 aliphatic heterocycles. The van der Waals surface area contributed by atoms with E-state index in [4.69, 9.17) is 0 Å². The predicted molar refractivity (Wildman–Crippen MR) is 55.3 cm³/mol. The Morgan fingerprint density at radius 3 is 3.00 bits per heavy atom. The Balaban J connectivity index is 2.70. The van der Waals surface area contributed by atoms with Crippen LogP contribution in [0.3, 0.4) is 0 Å². The third kappa shape index (κ3) is 1.38. The van der Waals surface area contributed by atoms with Crippen molar-refractivity contribution in [1.29, 1.82) is 0 Å². The zero-order valence-electron chi connectivity index (χ0n) is 6.38. The van der Waals surface area contributed by atoms with Crippen molar-refractivity contribution in [3.05, 3.63) is 33.8 Å². The zero-order chi connectivity index (χ0) is 9.42. The summed E-state index contributed by atoms with van der Waals surface area (Å²) in [6.45, 7) is 0. The number of hydrogen-bond donors (Lipinski definition) is 1. The van der Waals surface area contributed by atoms with Crippen molar-refractivity contribution in [2.24, 2.45) is 0 Å². The Morgan fingerprint density at radius 2 is 2.31 bits per heavy atom. The molecule has 0 aliphatic carbocycles. The summed E-state index contributed by atoms with van der Waals surface area (Å²) in [6.07, 6.45) is 0. The molecule has 1 unspecified atom stereocenters. The number of non-ortho nitro benzene ring substituents is 1. The highest BCUT2D eigenvalue weighted by Gasteiger charge is 2.14. The minimum Gasteiger partial charge on any atom is -0.258 e. The summed E-state index contributed by atoms with van der Waals surface area (Å²) < 4.78 is 0.953. The second-order valence-corrected chi connectivity index (χ2v) is 4.92. The topological polar surface area (TPSA) is 56.0 Å². The Hall–Kier alpha value is -1.14. The number of rotatable bonds is 1. The molecule has 0 saturated heterocycles. The molecule has 1 atom stereocenters. The number of nitro benzene ring substituents is 1. The third-order valence-electron chi connectivity index (χ3n) is 1.67. The molecule has 1 heterocycles. The molecule has 66 valence electrons. The smallest absolute Gasteiger partial charge is 0.258 e. The molecule has 0 bridgehead atoms. The molecule has 13 heavy (non-hydrogen) atoms. The number of benzene rings is 1. The van der Waals surface area contributed by atoms with E-state index in [0.717, 1.165) is 4.70 Å². The van der Waals surface area contributed by atoms with Gasteiger partial charge in [-0.15, -0.1) is 0 Å². The number of nitro groups is 1. The van der Waals surface area contributed by atoms with E-state index < -0.39 is 4.92 Å². The predicted octanol–water partition coefficient (Wildman–Crippen LogP) is 2.59. The van der Waals surface area contributed by atoms with Crippen molar-refractivity contribution >= 4 is 37.1 Å². The van der Waals surface area contributed by atoms with Crippen molar-refractivity contribution in [3.63, 3.8) is 0 Å². The number of fused-ring (bicyclic) bond motifs is 1. The van der Waals surface area contributed by atoms with Crippen LogP contribution in [0.1, 0.15) is 0 Å². The first kappa shape index (κ1) is 8.46. The number of nitrogens with zero attached hydrogens (tertiary/aromatic N) is 2. The minimum atomic E-state index is -0.426. The lowest BCUT2D eigenvalue weighted by atomic mass is 10.3. The number of thiol groups is 1. The van der Waals surface area contributed by atoms with Gasteiger partial charge in [0.15, 0.2) is 0 Å². The van der Waals surface area contributed by atoms with Crippen molar-refractivity contribution in [1.82, 2.24) is 4.98 Å². The Morgan fingerprint density at radius 1 is 1.54 bits per heavy atom. The molecule has 0 fully saturated rings. The molecule has 0 spiro atoms. The Bertz CT molecular complexity index is 480. The molecular formula is C7H5N2O2S2+. The quantitative estimate of drug-likeness (QED) is 0.260. The van der Waals surface area contributed by atoms with Crippen LogP contribution in [0.5, 0.6) is 0 Å². The molecule has 2 rings (SSSR count). The standard InChI is InChI=1S/C7H5N2O2S2/c10-9(11)5-1-2-7-6(3-5)8-4-13(7)12/h1-4,12H/q+1. The van der Waals surface area contributed by atoms with Gasteiger partial charge < -0.3 is 0 Å². The van der Waals surface area contributed by atoms with Crippen LogP contribution in [-0.4, -0.2) is 9.91 Å². The average Bonchev–Trinajstić information content (AvgIpc) is 2.47. The van der Waals surface area contributed by atoms with Crippen molar-refractivity contribution < 1.29 is 4.92 Å². The lowest BCUT2D eigenvalue weighted by molar-refractivity contribution is -0.384. The van der Waals surface area contributed by atoms with E-state index in [1.54, 1.807) is 11.6 Å². The fraction of sp³-hybridized carbons (Fsp3) is 0. The highest BCUT2D eigenvalue weighted by molar-refractivity contribution is 8.34. The van der Waals surface area contributed by atoms with E-state index in [9.17, 15) is 10.1 Å². The normalized spacial score (nSPS) is 11.9. The number of hydrogen-bond acceptors (Lipinski definition) is 4. The molecule has 0 saturated carbocycles. The average molecular weight is 213 g/mol. The first-order chi connectivity index (χ1) is 6.18. The van der Waals surface area contributed by atoms with E-state index in [-0.39, 0.29) is 15.2 Å². The van der Waals surface area contributed by atoms with Gasteiger partial charge in [-0.3, -0.25) is 10.1 Å². The van der Waals surface area contributed by atoms with Crippen LogP contribution in [0.2, 0.25) is 0 Å². The molecule has 6 heteroatoms. The van der Waals surface area contributed by atoms with E-state index >= 15 is 0 Å². The fourth-order valence-corrected chi connectivity index (χ4v) is 2.53. The molecule has 2 aromatic rings. The molecule has 4 nitrogen and oxygen atoms in total. The van der Waals surface area contributed by atoms with Crippen LogP contribution in [0, 0.1) is 10.1 Å². The molecular weight excluding hydrogens is 208 g/mol. The summed E-state index contributed by atoms with van der Waals surface area (Å²) in [5.74, 6) is 0. The van der Waals surface area contributed by atoms with Crippen molar-refractivity contribution in [3.8, 4) is 0 Å². The summed E-state index contributed by atoms with van der Waals surface area (Å²) in [7, 11) is -0.289. The lowest BCUT2D eigenvalue weighted by Crippen LogP contribution is -1.86. The van der Waals surface area contributed by atoms with Gasteiger partial charge in [0, 0.05) is 18.2 Å². The van der Waals surface area contributed by atoms with Crippen LogP contribution in [-0.2, 0) is 0 Å². The zero-order valence-corrected chi connectivity index (χ0v) is 8.09. The fourth-order valence-electron chi connectivity index (χ4n) is 1.06. The van der Waals surface area contributed by atoms with Gasteiger partial charge in [-0.25, -0.2) is 0 Å². The molecule has 0 N–H and O–H groups in total. The SMILES string of the molecule is O=[N+]([O-])c1ccc2c(c1)nc[s+]2S. The van der Waals surface area contributed by atoms with E-state index in [2.05, 4.69) is 16.6 Å². The van der Waals surface area contributed by atoms with E-state index in [1.807, 2.05) is 0 Å². The monoisotopic (exact) mass is 213 g/mol. The van der Waals surface area contributed by atoms with Gasteiger partial charge in [-0.2, -0.15) is 4.98 Å². The maximum absolute atomic E-state index is 10.4. The molecule has 0 radical (unpaired) electrons. The van der Waals surface area contributed by atoms with Gasteiger partial charge >= 0.3 is 0 Å². The summed E-state index contributed by atoms with van der Waals surface area (Å²) in [4.78, 5) is 14.0. The van der Waals surface area contributed by atoms with Gasteiger partial charge in [0.2, 0.25) is 10.2 Å². The van der Waals surface area contributed by atoms with Crippen molar-refractivity contribution in [2.45, 2.75) is 0 Å². The number of thiazole rings is 1. The molecule has 0 aliphatic rings. The number of aromatic nitrogens is 1. The second kappa shape index (κ2) is 2.97. The summed E-state index contributed by atoms with van der Waals surface area (Å²) in [5, 5.41) is 10.4. The van der Waals surface area contributed by atoms with Crippen LogP contribution in [0.4, 0.5) is 5.69 Å². The van der Waals surface area contributed by atoms with Gasteiger partial charge in [-0.05, 0) is 0 Å². The summed E-state index contributed by atoms with van der Waals surface area (Å²) in [6, 6.07) is 4.65. The Labute approximate surface area is 81.1 Å². The lowest BCUT2D eigenvalue weighted by Gasteiger charge is -1.87. The van der Waals surface area contributed by atoms with Crippen LogP contribution < -0.4 is 0 Å². The van der Waals surface area contributed by atoms with Gasteiger partial charge in [-0.1, -0.05) is 0 Å². The van der Waals surface area contributed by atoms with Crippen LogP contribution in [0.15, 0.2) is 23.7 Å². The van der Waals surface area contributed by atoms with Crippen LogP contribution in [0.25, 0.3) is 10.2 Å². The molecule has 0 amide bonds. The van der Waals surface area contributed by atoms with Crippen LogP contribution >= 0.6 is 21.2 Å². The van der Waals surface area contributed by atoms with E-state index in [0.29, 0.717) is 5.52 Å². The summed E-state index contributed by atoms with van der Waals surface area (Å²) >= 11 is 4.27. The van der Waals surface area contributed by atoms with E-state index in [1.165, 1.54) is 12.1 Å². The maximum atomic E-state index is 10.4. The third-order valence-corrected chi connectivity index (χ3v) is 3.64. The molecule has 1 aromatic heterocycles. The Kier molecular flexibility index (Phi) is 1.93. The second-order valence-electron chi connectivity index (χ2n) is 2.46. The highest BCUT2D eigenvalue weighted by atomic mass is 33.1. The minimum absolute atomic E-state index is 0.0723. The van der Waals surface area contributed by atoms with Gasteiger partial charge in [0.05, 0.1) is 14.4 Å². The first-order valence-electron chi connectivity index (χ1n) is 3.43. The largest absolute Gasteiger partial charge is 0.272 e. The first-order valence-corrected chi connectivity index (χ1v) is 5.77. The van der Waals surface area contributed by atoms with Crippen molar-refractivity contribution in [2.75, 3.05) is 0 Å². The highest BCUT2D eigenvalue weighted by Crippen LogP contribution is 2.33. The maximum Gasteiger partial charge on any atom is 0.272 e. The van der Waals surface area contributed by atoms with Gasteiger partial charge in [0.1, 0.15) is 17.2 Å². The molecule has 1 aromatic carbocycles. The summed E-state index contributed by atoms with van der Waals surface area (Å²) in [5.41, 5.74) is 2.42.